The molecule has 1 aliphatic carbocycles. The van der Waals surface area contributed by atoms with Gasteiger partial charge in [0.25, 0.3) is 0 Å². The van der Waals surface area contributed by atoms with Gasteiger partial charge in [-0.1, -0.05) is 0 Å². The molecule has 33 heavy (non-hydrogen) atoms. The number of esters is 1. The Morgan fingerprint density at radius 1 is 1.00 bits per heavy atom. The van der Waals surface area contributed by atoms with E-state index in [4.69, 9.17) is 9.47 Å². The van der Waals surface area contributed by atoms with Gasteiger partial charge in [-0.3, -0.25) is 0 Å². The fourth-order valence-corrected chi connectivity index (χ4v) is 12.3. The first-order valence-corrected chi connectivity index (χ1v) is 14.7. The van der Waals surface area contributed by atoms with Crippen LogP contribution in [0, 0.1) is 13.8 Å². The summed E-state index contributed by atoms with van der Waals surface area (Å²) in [7, 11) is -0.526. The van der Waals surface area contributed by atoms with E-state index < -0.39 is 7.26 Å². The Morgan fingerprint density at radius 2 is 1.64 bits per heavy atom. The average molecular weight is 470 g/mol. The molecule has 0 atom stereocenters. The number of nitrogens with one attached hydrogen (secondary N) is 1. The number of rotatable bonds is 8. The molecule has 1 amide bonds. The Hall–Kier alpha value is -2.39. The van der Waals surface area contributed by atoms with E-state index in [9.17, 15) is 9.59 Å². The maximum atomic E-state index is 13.9. The van der Waals surface area contributed by atoms with Crippen LogP contribution in [0.3, 0.4) is 0 Å². The number of anilines is 1. The van der Waals surface area contributed by atoms with Crippen LogP contribution in [-0.2, 0) is 20.9 Å². The Kier molecular flexibility index (Phi) is 7.09. The number of hydrogen-bond donors (Lipinski definition) is 1. The van der Waals surface area contributed by atoms with E-state index in [-0.39, 0.29) is 17.0 Å². The summed E-state index contributed by atoms with van der Waals surface area (Å²) >= 11 is 0. The van der Waals surface area contributed by atoms with Gasteiger partial charge in [0, 0.05) is 0 Å². The van der Waals surface area contributed by atoms with E-state index in [1.165, 1.54) is 0 Å². The molecule has 0 unspecified atom stereocenters. The van der Waals surface area contributed by atoms with Gasteiger partial charge in [-0.15, -0.1) is 0 Å². The zero-order valence-corrected chi connectivity index (χ0v) is 21.0. The van der Waals surface area contributed by atoms with Crippen LogP contribution in [0.1, 0.15) is 48.8 Å². The van der Waals surface area contributed by atoms with Crippen molar-refractivity contribution < 1.29 is 19.1 Å². The Labute approximate surface area is 197 Å². The van der Waals surface area contributed by atoms with Crippen molar-refractivity contribution in [1.29, 1.82) is 0 Å². The first kappa shape index (κ1) is 23.8. The molecule has 5 nitrogen and oxygen atoms in total. The molecular formula is C27H36NO4P. The standard InChI is InChI=1S/C27H36NO4P/c1-20-16-23(31-3)17-21(2)25(20)28-26(30)27(12-9-13-27)33(14-7-8-15-33)19-24(29)32-18-22-10-5-4-6-11-22/h4-6,10-11,16-17,33H,7-9,12-15,18-19H2,1-3H3,(H,28,30). The quantitative estimate of drug-likeness (QED) is 0.412. The zero-order valence-electron chi connectivity index (χ0n) is 20.0. The van der Waals surface area contributed by atoms with Crippen LogP contribution in [-0.4, -0.2) is 42.6 Å². The SMILES string of the molecule is COc1cc(C)c(NC(=O)C2([PH]3(CC(=O)OCc4ccccc4)CCCC3)CCC2)c(C)c1. The van der Waals surface area contributed by atoms with Crippen molar-refractivity contribution in [1.82, 2.24) is 0 Å². The van der Waals surface area contributed by atoms with E-state index in [0.717, 1.165) is 72.6 Å². The summed E-state index contributed by atoms with van der Waals surface area (Å²) in [6.45, 7) is 4.30. The molecule has 0 bridgehead atoms. The van der Waals surface area contributed by atoms with Gasteiger partial charge in [-0.2, -0.15) is 0 Å². The van der Waals surface area contributed by atoms with Gasteiger partial charge in [0.2, 0.25) is 0 Å². The molecule has 1 heterocycles. The molecule has 2 fully saturated rings. The second-order valence-electron chi connectivity index (χ2n) is 9.84. The van der Waals surface area contributed by atoms with Crippen molar-refractivity contribution in [3.05, 3.63) is 59.2 Å². The van der Waals surface area contributed by atoms with Gasteiger partial charge < -0.3 is 0 Å². The number of ether oxygens (including phenoxy) is 2. The Morgan fingerprint density at radius 3 is 2.18 bits per heavy atom. The van der Waals surface area contributed by atoms with Gasteiger partial charge in [-0.05, 0) is 0 Å². The number of benzene rings is 2. The summed E-state index contributed by atoms with van der Waals surface area (Å²) in [5, 5.41) is 2.93. The third-order valence-electron chi connectivity index (χ3n) is 7.92. The van der Waals surface area contributed by atoms with Crippen molar-refractivity contribution in [2.45, 2.75) is 57.7 Å². The van der Waals surface area contributed by atoms with E-state index in [0.29, 0.717) is 12.8 Å². The van der Waals surface area contributed by atoms with Crippen LogP contribution in [0.15, 0.2) is 42.5 Å². The predicted molar refractivity (Wildman–Crippen MR) is 136 cm³/mol. The fourth-order valence-electron chi connectivity index (χ4n) is 5.94. The van der Waals surface area contributed by atoms with E-state index in [2.05, 4.69) is 5.32 Å². The molecular weight excluding hydrogens is 433 g/mol. The molecule has 1 saturated heterocycles. The number of hydrogen-bond acceptors (Lipinski definition) is 4. The molecule has 2 aromatic carbocycles. The Balaban J connectivity index is 1.53. The van der Waals surface area contributed by atoms with Crippen LogP contribution in [0.5, 0.6) is 5.75 Å². The maximum absolute atomic E-state index is 13.9. The molecule has 1 saturated carbocycles. The number of carbonyl (C=O) groups is 2. The van der Waals surface area contributed by atoms with Crippen LogP contribution >= 0.6 is 7.26 Å². The molecule has 6 heteroatoms. The summed E-state index contributed by atoms with van der Waals surface area (Å²) in [4.78, 5) is 26.9. The van der Waals surface area contributed by atoms with Crippen molar-refractivity contribution >= 4 is 24.8 Å². The average Bonchev–Trinajstić information content (AvgIpc) is 3.23. The molecule has 4 rings (SSSR count). The van der Waals surface area contributed by atoms with E-state index >= 15 is 0 Å². The molecule has 178 valence electrons. The summed E-state index contributed by atoms with van der Waals surface area (Å²) in [5.41, 5.74) is 3.87. The van der Waals surface area contributed by atoms with Gasteiger partial charge in [0.1, 0.15) is 0 Å². The molecule has 0 radical (unpaired) electrons. The van der Waals surface area contributed by atoms with Crippen LogP contribution in [0.25, 0.3) is 0 Å². The second kappa shape index (κ2) is 9.85. The van der Waals surface area contributed by atoms with E-state index in [1.807, 2.05) is 56.3 Å². The van der Waals surface area contributed by atoms with Gasteiger partial charge in [0.15, 0.2) is 0 Å². The number of methoxy groups -OCH3 is 1. The van der Waals surface area contributed by atoms with E-state index in [1.54, 1.807) is 7.11 Å². The van der Waals surface area contributed by atoms with Crippen LogP contribution < -0.4 is 10.1 Å². The Bertz CT molecular complexity index is 987. The fraction of sp³-hybridized carbons (Fsp3) is 0.481. The van der Waals surface area contributed by atoms with Crippen molar-refractivity contribution in [3.63, 3.8) is 0 Å². The van der Waals surface area contributed by atoms with Gasteiger partial charge in [-0.25, -0.2) is 0 Å². The third kappa shape index (κ3) is 4.66. The summed E-state index contributed by atoms with van der Waals surface area (Å²) in [5.74, 6) is 0.780. The van der Waals surface area contributed by atoms with Gasteiger partial charge in [0.05, 0.1) is 0 Å². The number of carbonyl (C=O) groups excluding carboxylic acids is 2. The normalized spacial score (nSPS) is 19.2. The first-order valence-electron chi connectivity index (χ1n) is 12.1. The minimum atomic E-state index is -2.18. The van der Waals surface area contributed by atoms with Crippen molar-refractivity contribution in [2.24, 2.45) is 0 Å². The van der Waals surface area contributed by atoms with Crippen LogP contribution in [0.4, 0.5) is 5.69 Å². The molecule has 2 aliphatic rings. The predicted octanol–water partition coefficient (Wildman–Crippen LogP) is 5.46. The third-order valence-corrected chi connectivity index (χ3v) is 14.3. The molecule has 0 spiro atoms. The summed E-state index contributed by atoms with van der Waals surface area (Å²) in [6, 6.07) is 13.7. The van der Waals surface area contributed by atoms with Crippen molar-refractivity contribution in [2.75, 3.05) is 30.9 Å². The first-order chi connectivity index (χ1) is 15.9. The minimum absolute atomic E-state index is 0.120. The second-order valence-corrected chi connectivity index (χ2v) is 14.7. The monoisotopic (exact) mass is 469 g/mol. The number of amides is 1. The molecule has 1 aliphatic heterocycles. The number of aryl methyl sites for hydroxylation is 2. The topological polar surface area (TPSA) is 64.6 Å². The summed E-state index contributed by atoms with van der Waals surface area (Å²) < 4.78 is 11.1. The summed E-state index contributed by atoms with van der Waals surface area (Å²) in [6.07, 6.45) is 7.62. The molecule has 0 aromatic heterocycles. The molecule has 2 aromatic rings. The van der Waals surface area contributed by atoms with Gasteiger partial charge >= 0.3 is 197 Å². The molecule has 1 N–H and O–H groups in total. The van der Waals surface area contributed by atoms with Crippen LogP contribution in [0.2, 0.25) is 0 Å². The zero-order chi connectivity index (χ0) is 23.5. The van der Waals surface area contributed by atoms with Crippen molar-refractivity contribution in [3.8, 4) is 5.75 Å².